The maximum atomic E-state index is 15.7. The molecule has 0 radical (unpaired) electrons. The van der Waals surface area contributed by atoms with Gasteiger partial charge in [0.25, 0.3) is 0 Å². The van der Waals surface area contributed by atoms with Crippen LogP contribution in [0.5, 0.6) is 0 Å². The molecule has 12 atom stereocenters. The summed E-state index contributed by atoms with van der Waals surface area (Å²) in [6, 6.07) is -11.2. The number of alkyl halides is 8. The van der Waals surface area contributed by atoms with Crippen LogP contribution in [0.25, 0.3) is 0 Å². The van der Waals surface area contributed by atoms with E-state index in [-0.39, 0.29) is 90.1 Å². The Morgan fingerprint density at radius 2 is 1.25 bits per heavy atom. The largest absolute Gasteiger partial charge is 0.397 e. The topological polar surface area (TPSA) is 270 Å². The van der Waals surface area contributed by atoms with Gasteiger partial charge >= 0.3 is 12.4 Å². The molecule has 610 valence electrons. The van der Waals surface area contributed by atoms with E-state index < -0.39 is 235 Å². The van der Waals surface area contributed by atoms with E-state index in [2.05, 4.69) is 16.0 Å². The average Bonchev–Trinajstić information content (AvgIpc) is 0.993. The lowest BCUT2D eigenvalue weighted by Gasteiger charge is -2.54. The lowest BCUT2D eigenvalue weighted by molar-refractivity contribution is -0.219. The van der Waals surface area contributed by atoms with Crippen LogP contribution in [-0.4, -0.2) is 276 Å². The Labute approximate surface area is 630 Å². The van der Waals surface area contributed by atoms with Gasteiger partial charge in [0.15, 0.2) is 0 Å². The molecule has 3 heterocycles. The van der Waals surface area contributed by atoms with Gasteiger partial charge in [-0.3, -0.25) is 57.5 Å². The number of nitrogens with one attached hydrogen (secondary N) is 3. The number of amides is 12. The van der Waals surface area contributed by atoms with Crippen molar-refractivity contribution in [3.05, 3.63) is 12.2 Å². The van der Waals surface area contributed by atoms with Crippen molar-refractivity contribution >= 4 is 70.9 Å². The molecule has 6 fully saturated rings. The van der Waals surface area contributed by atoms with Gasteiger partial charge in [-0.05, 0) is 144 Å². The number of nitrogens with zero attached hydrogens (tertiary/aromatic N) is 9. The van der Waals surface area contributed by atoms with Gasteiger partial charge in [-0.15, -0.1) is 0 Å². The smallest absolute Gasteiger partial charge is 0.347 e. The predicted octanol–water partition coefficient (Wildman–Crippen LogP) is 7.36. The lowest BCUT2D eigenvalue weighted by Crippen LogP contribution is -2.71. The summed E-state index contributed by atoms with van der Waals surface area (Å²) in [7, 11) is 10.9. The average molecular weight is 1540 g/mol. The van der Waals surface area contributed by atoms with Gasteiger partial charge in [0.05, 0.1) is 25.4 Å². The summed E-state index contributed by atoms with van der Waals surface area (Å²) in [6.45, 7) is 9.08. The summed E-state index contributed by atoms with van der Waals surface area (Å²) in [5, 5.41) is 8.50. The second-order valence-electron chi connectivity index (χ2n) is 33.4. The van der Waals surface area contributed by atoms with Gasteiger partial charge in [0, 0.05) is 69.5 Å². The van der Waals surface area contributed by atoms with Gasteiger partial charge in [0.1, 0.15) is 72.1 Å². The van der Waals surface area contributed by atoms with E-state index in [0.29, 0.717) is 44.9 Å². The Morgan fingerprint density at radius 1 is 0.639 bits per heavy atom. The number of carbonyl (C=O) groups is 12. The molecular formula is C76H118F8N12O12. The summed E-state index contributed by atoms with van der Waals surface area (Å²) >= 11 is 0. The first-order valence-corrected chi connectivity index (χ1v) is 38.7. The summed E-state index contributed by atoms with van der Waals surface area (Å²) in [5.74, 6) is -16.9. The second-order valence-corrected chi connectivity index (χ2v) is 33.4. The predicted molar refractivity (Wildman–Crippen MR) is 384 cm³/mol. The summed E-state index contributed by atoms with van der Waals surface area (Å²) in [5.41, 5.74) is -2.30. The third-order valence-electron chi connectivity index (χ3n) is 24.2. The first kappa shape index (κ1) is 88.0. The standard InChI is InChI=1S/C76H118F8N12O12/c1-15-17-25-53-64(100)86-62(45(4)16-2)70(106)90(10)41-60(99)92(12)54-26-19-18-22-33-95(69(54)105)57(37-46-27-30-49(31-28-46)75(79,80)81)68(104)89(9)40-58(97)85-52(32-29-47-35-50(77)61(51(78)36-47)76(82,83)84)66(102)96-39-44(3)34-55(96)65(101)87-74(42-73(5,6)43-74)72(108)94(14)63(48-23-20-21-24-48)71(107)93(13)56(67(103)88(7)8)38-59(98)91(53)11/h18-19,44-57,61-63H,15-17,20-43H2,1-14H3,(H,85,97)(H,86,100)(H,87,101)/b19-18-/t44-,45-,46?,47?,49?,50?,51?,52-,53-,54-,55-,56-,57-,61?,62-,63-/m0/s1. The monoisotopic (exact) mass is 1540 g/mol. The van der Waals surface area contributed by atoms with Crippen LogP contribution in [0.15, 0.2) is 12.2 Å². The zero-order valence-electron chi connectivity index (χ0n) is 65.5. The minimum atomic E-state index is -5.21. The van der Waals surface area contributed by atoms with E-state index in [0.717, 1.165) is 19.6 Å². The minimum Gasteiger partial charge on any atom is -0.347 e. The molecule has 3 N–H and O–H groups in total. The van der Waals surface area contributed by atoms with Gasteiger partial charge in [-0.1, -0.05) is 85.8 Å². The highest BCUT2D eigenvalue weighted by Crippen LogP contribution is 2.50. The van der Waals surface area contributed by atoms with Crippen molar-refractivity contribution in [1.82, 2.24) is 60.0 Å². The van der Waals surface area contributed by atoms with Crippen LogP contribution in [0.2, 0.25) is 0 Å². The third kappa shape index (κ3) is 21.1. The molecule has 3 aliphatic heterocycles. The molecule has 0 aromatic heterocycles. The van der Waals surface area contributed by atoms with Crippen molar-refractivity contribution in [2.75, 3.05) is 82.6 Å². The first-order valence-electron chi connectivity index (χ1n) is 38.7. The molecular weight excluding hydrogens is 1420 g/mol. The Balaban J connectivity index is 1.33. The fraction of sp³-hybridized carbons (Fsp3) is 0.816. The summed E-state index contributed by atoms with van der Waals surface area (Å²) < 4.78 is 115. The highest BCUT2D eigenvalue weighted by atomic mass is 19.4. The van der Waals surface area contributed by atoms with Crippen LogP contribution < -0.4 is 16.0 Å². The van der Waals surface area contributed by atoms with Crippen molar-refractivity contribution < 1.29 is 92.7 Å². The highest BCUT2D eigenvalue weighted by molar-refractivity contribution is 6.01. The first-order chi connectivity index (χ1) is 50.4. The molecule has 108 heavy (non-hydrogen) atoms. The van der Waals surface area contributed by atoms with Crippen LogP contribution in [0.1, 0.15) is 189 Å². The number of hydrogen-bond acceptors (Lipinski definition) is 12. The molecule has 0 aromatic carbocycles. The van der Waals surface area contributed by atoms with Crippen LogP contribution in [0.4, 0.5) is 35.1 Å². The fourth-order valence-electron chi connectivity index (χ4n) is 17.9. The summed E-state index contributed by atoms with van der Waals surface area (Å²) in [4.78, 5) is 192. The SMILES string of the molecule is CCCC[C@H]1C(=O)N[C@@H]([C@@H](C)CC)C(=O)N(C)CC(=O)N(C)[C@H]2C/C=C\CCN(C2=O)[C@@H](CC2CCC(C(F)(F)F)CC2)C(=O)N(C)CC(=O)N[C@@H](CCC2CC(F)C(C(F)(F)F)C(F)C2)C(=O)N2C[C@@H](C)C[C@H]2C(=O)NC2(CC(C)(C)C2)C(=O)N(C)[C@@H](C2CCCC2)C(=O)N(C)[C@H](C(=O)N(C)C)CC(=O)N1C. The Hall–Kier alpha value is -7.18. The molecule has 2 saturated heterocycles. The highest BCUT2D eigenvalue weighted by Gasteiger charge is 2.60. The molecule has 0 aromatic rings. The summed E-state index contributed by atoms with van der Waals surface area (Å²) in [6.07, 6.45) is -11.4. The van der Waals surface area contributed by atoms with E-state index in [1.54, 1.807) is 32.9 Å². The molecule has 4 saturated carbocycles. The van der Waals surface area contributed by atoms with E-state index in [9.17, 15) is 55.1 Å². The van der Waals surface area contributed by atoms with Crippen molar-refractivity contribution in [1.29, 1.82) is 0 Å². The Kier molecular flexibility index (Phi) is 30.0. The molecule has 2 unspecified atom stereocenters. The van der Waals surface area contributed by atoms with Crippen molar-refractivity contribution in [2.24, 2.45) is 46.8 Å². The number of fused-ring (bicyclic) bond motifs is 3. The van der Waals surface area contributed by atoms with Gasteiger partial charge < -0.3 is 60.0 Å². The van der Waals surface area contributed by atoms with E-state index in [1.165, 1.54) is 80.9 Å². The quantitative estimate of drug-likeness (QED) is 0.128. The molecule has 7 rings (SSSR count). The van der Waals surface area contributed by atoms with Gasteiger partial charge in [-0.25, -0.2) is 8.78 Å². The van der Waals surface area contributed by atoms with Crippen molar-refractivity contribution in [3.63, 3.8) is 0 Å². The molecule has 12 amide bonds. The molecule has 7 aliphatic rings. The number of carbonyl (C=O) groups excluding carboxylic acids is 12. The molecule has 2 bridgehead atoms. The van der Waals surface area contributed by atoms with Gasteiger partial charge in [0.2, 0.25) is 70.9 Å². The lowest BCUT2D eigenvalue weighted by atomic mass is 9.58. The van der Waals surface area contributed by atoms with E-state index >= 15 is 37.5 Å². The van der Waals surface area contributed by atoms with Gasteiger partial charge in [-0.2, -0.15) is 26.3 Å². The number of hydrogen-bond donors (Lipinski definition) is 3. The van der Waals surface area contributed by atoms with Crippen LogP contribution in [0, 0.1) is 46.8 Å². The van der Waals surface area contributed by atoms with Crippen LogP contribution >= 0.6 is 0 Å². The second kappa shape index (κ2) is 36.8. The van der Waals surface area contributed by atoms with E-state index in [4.69, 9.17) is 0 Å². The zero-order valence-corrected chi connectivity index (χ0v) is 65.5. The van der Waals surface area contributed by atoms with Crippen molar-refractivity contribution in [3.8, 4) is 0 Å². The molecule has 1 spiro atoms. The number of unbranched alkanes of at least 4 members (excludes halogenated alkanes) is 1. The number of likely N-dealkylation sites (N-methyl/N-ethyl adjacent to an activating group) is 7. The Bertz CT molecular complexity index is 3250. The number of rotatable bonds is 12. The molecule has 4 aliphatic carbocycles. The molecule has 32 heteroatoms. The third-order valence-corrected chi connectivity index (χ3v) is 24.2. The van der Waals surface area contributed by atoms with Crippen molar-refractivity contribution in [2.45, 2.75) is 268 Å². The van der Waals surface area contributed by atoms with Crippen LogP contribution in [-0.2, 0) is 57.5 Å². The fourth-order valence-corrected chi connectivity index (χ4v) is 17.9. The minimum absolute atomic E-state index is 0.00233. The van der Waals surface area contributed by atoms with E-state index in [1.807, 2.05) is 20.8 Å². The number of halogens is 8. The Morgan fingerprint density at radius 3 is 1.81 bits per heavy atom. The molecule has 24 nitrogen and oxygen atoms in total. The van der Waals surface area contributed by atoms with Crippen LogP contribution in [0.3, 0.4) is 0 Å². The zero-order chi connectivity index (χ0) is 80.6. The maximum absolute atomic E-state index is 15.7. The normalized spacial score (nSPS) is 32.4. The maximum Gasteiger partial charge on any atom is 0.397 e.